The van der Waals surface area contributed by atoms with Gasteiger partial charge in [0, 0.05) is 23.9 Å². The first-order valence-electron chi connectivity index (χ1n) is 10.0. The second-order valence-corrected chi connectivity index (χ2v) is 8.05. The Kier molecular flexibility index (Phi) is 5.37. The third kappa shape index (κ3) is 4.03. The summed E-state index contributed by atoms with van der Waals surface area (Å²) in [6.45, 7) is 2.68. The van der Waals surface area contributed by atoms with Crippen molar-refractivity contribution in [2.24, 2.45) is 11.0 Å². The van der Waals surface area contributed by atoms with Crippen LogP contribution in [0, 0.1) is 11.7 Å². The van der Waals surface area contributed by atoms with E-state index < -0.39 is 0 Å². The number of ether oxygens (including phenoxy) is 1. The lowest BCUT2D eigenvalue weighted by Crippen LogP contribution is -2.39. The van der Waals surface area contributed by atoms with Gasteiger partial charge in [-0.25, -0.2) is 9.40 Å². The molecule has 6 heteroatoms. The summed E-state index contributed by atoms with van der Waals surface area (Å²) >= 11 is 0. The highest BCUT2D eigenvalue weighted by atomic mass is 19.1. The van der Waals surface area contributed by atoms with E-state index >= 15 is 0 Å². The number of likely N-dealkylation sites (N-methyl/N-ethyl adjacent to an activating group) is 1. The lowest BCUT2D eigenvalue weighted by atomic mass is 9.79. The molecule has 0 bridgehead atoms. The van der Waals surface area contributed by atoms with Gasteiger partial charge in [0.25, 0.3) is 0 Å². The molecular formula is C23H26FN3O2. The fraction of sp³-hybridized carbons (Fsp3) is 0.391. The standard InChI is InChI=1S/C23H26FN3O2/c1-15(26(2)3)14-29-20-10-8-19(9-11-20)27-22(28)12-17-5-4-16-6-7-18(24)13-21(16)23(17)25-27/h6-11,13,15,17H,4-5,12,14H2,1-3H3. The van der Waals surface area contributed by atoms with Gasteiger partial charge in [-0.3, -0.25) is 4.79 Å². The number of carbonyl (C=O) groups excluding carboxylic acids is 1. The number of hydrazone groups is 1. The van der Waals surface area contributed by atoms with E-state index in [0.29, 0.717) is 24.8 Å². The molecule has 1 aliphatic carbocycles. The molecule has 0 fully saturated rings. The van der Waals surface area contributed by atoms with Crippen LogP contribution >= 0.6 is 0 Å². The summed E-state index contributed by atoms with van der Waals surface area (Å²) < 4.78 is 19.6. The maximum atomic E-state index is 13.8. The number of halogens is 1. The molecule has 2 aromatic carbocycles. The number of rotatable bonds is 5. The predicted octanol–water partition coefficient (Wildman–Crippen LogP) is 3.86. The van der Waals surface area contributed by atoms with Gasteiger partial charge in [0.1, 0.15) is 18.2 Å². The van der Waals surface area contributed by atoms with Gasteiger partial charge in [-0.05, 0) is 75.8 Å². The van der Waals surface area contributed by atoms with Crippen molar-refractivity contribution in [3.63, 3.8) is 0 Å². The maximum absolute atomic E-state index is 13.8. The van der Waals surface area contributed by atoms with Crippen molar-refractivity contribution in [1.29, 1.82) is 0 Å². The van der Waals surface area contributed by atoms with Crippen molar-refractivity contribution in [1.82, 2.24) is 4.90 Å². The van der Waals surface area contributed by atoms with Crippen LogP contribution in [0.5, 0.6) is 5.75 Å². The molecule has 2 unspecified atom stereocenters. The quantitative estimate of drug-likeness (QED) is 0.772. The van der Waals surface area contributed by atoms with Crippen molar-refractivity contribution in [3.05, 3.63) is 59.4 Å². The van der Waals surface area contributed by atoms with Crippen LogP contribution in [0.15, 0.2) is 47.6 Å². The van der Waals surface area contributed by atoms with Crippen LogP contribution in [0.25, 0.3) is 0 Å². The Balaban J connectivity index is 1.57. The smallest absolute Gasteiger partial charge is 0.248 e. The molecule has 5 nitrogen and oxygen atoms in total. The monoisotopic (exact) mass is 395 g/mol. The number of nitrogens with zero attached hydrogens (tertiary/aromatic N) is 3. The molecule has 1 aliphatic heterocycles. The van der Waals surface area contributed by atoms with Crippen LogP contribution in [0.1, 0.15) is 30.9 Å². The van der Waals surface area contributed by atoms with E-state index in [-0.39, 0.29) is 17.6 Å². The molecule has 0 aromatic heterocycles. The largest absolute Gasteiger partial charge is 0.492 e. The van der Waals surface area contributed by atoms with Gasteiger partial charge in [-0.2, -0.15) is 5.10 Å². The van der Waals surface area contributed by atoms with Crippen molar-refractivity contribution >= 4 is 17.3 Å². The lowest BCUT2D eigenvalue weighted by Gasteiger charge is -2.33. The van der Waals surface area contributed by atoms with Gasteiger partial charge in [-0.15, -0.1) is 0 Å². The van der Waals surface area contributed by atoms with Crippen molar-refractivity contribution in [2.75, 3.05) is 25.7 Å². The van der Waals surface area contributed by atoms with Crippen LogP contribution in [-0.4, -0.2) is 43.3 Å². The van der Waals surface area contributed by atoms with Crippen molar-refractivity contribution < 1.29 is 13.9 Å². The highest BCUT2D eigenvalue weighted by Gasteiger charge is 2.34. The zero-order valence-electron chi connectivity index (χ0n) is 17.1. The third-order valence-corrected chi connectivity index (χ3v) is 5.82. The molecule has 29 heavy (non-hydrogen) atoms. The molecular weight excluding hydrogens is 369 g/mol. The highest BCUT2D eigenvalue weighted by Crippen LogP contribution is 2.34. The fourth-order valence-electron chi connectivity index (χ4n) is 3.74. The number of amides is 1. The van der Waals surface area contributed by atoms with Crippen LogP contribution in [0.3, 0.4) is 0 Å². The summed E-state index contributed by atoms with van der Waals surface area (Å²) in [5.41, 5.74) is 3.42. The van der Waals surface area contributed by atoms with Crippen LogP contribution in [-0.2, 0) is 11.2 Å². The molecule has 0 saturated heterocycles. The number of carbonyl (C=O) groups is 1. The highest BCUT2D eigenvalue weighted by molar-refractivity contribution is 6.11. The Morgan fingerprint density at radius 2 is 2.00 bits per heavy atom. The first-order chi connectivity index (χ1) is 13.9. The minimum absolute atomic E-state index is 0.0338. The molecule has 2 aliphatic rings. The van der Waals surface area contributed by atoms with Gasteiger partial charge in [0.15, 0.2) is 0 Å². The zero-order chi connectivity index (χ0) is 20.5. The lowest BCUT2D eigenvalue weighted by molar-refractivity contribution is -0.119. The first kappa shape index (κ1) is 19.6. The summed E-state index contributed by atoms with van der Waals surface area (Å²) in [6, 6.07) is 12.5. The summed E-state index contributed by atoms with van der Waals surface area (Å²) in [5.74, 6) is 0.503. The average Bonchev–Trinajstić information content (AvgIpc) is 2.71. The Hall–Kier alpha value is -2.73. The molecule has 0 radical (unpaired) electrons. The molecule has 1 amide bonds. The van der Waals surface area contributed by atoms with Gasteiger partial charge in [-0.1, -0.05) is 6.07 Å². The Bertz CT molecular complexity index is 940. The third-order valence-electron chi connectivity index (χ3n) is 5.82. The van der Waals surface area contributed by atoms with Crippen LogP contribution in [0.2, 0.25) is 0 Å². The maximum Gasteiger partial charge on any atom is 0.248 e. The molecule has 0 saturated carbocycles. The van der Waals surface area contributed by atoms with Crippen LogP contribution in [0.4, 0.5) is 10.1 Å². The Labute approximate surface area is 170 Å². The molecule has 2 atom stereocenters. The molecule has 1 heterocycles. The number of hydrogen-bond donors (Lipinski definition) is 0. The molecule has 2 aromatic rings. The summed E-state index contributed by atoms with van der Waals surface area (Å²) in [5, 5.41) is 6.09. The van der Waals surface area contributed by atoms with Crippen molar-refractivity contribution in [2.45, 2.75) is 32.2 Å². The van der Waals surface area contributed by atoms with E-state index in [1.807, 2.05) is 44.4 Å². The second-order valence-electron chi connectivity index (χ2n) is 8.05. The van der Waals surface area contributed by atoms with Gasteiger partial charge in [0.05, 0.1) is 11.4 Å². The van der Waals surface area contributed by atoms with E-state index in [1.54, 1.807) is 0 Å². The Morgan fingerprint density at radius 1 is 1.24 bits per heavy atom. The van der Waals surface area contributed by atoms with Gasteiger partial charge < -0.3 is 9.64 Å². The first-order valence-corrected chi connectivity index (χ1v) is 10.0. The SMILES string of the molecule is CC(COc1ccc(N2N=C3c4cc(F)ccc4CCC3CC2=O)cc1)N(C)C. The molecule has 152 valence electrons. The second kappa shape index (κ2) is 7.95. The van der Waals surface area contributed by atoms with Crippen LogP contribution < -0.4 is 9.75 Å². The number of aryl methyl sites for hydroxylation is 1. The summed E-state index contributed by atoms with van der Waals surface area (Å²) in [6.07, 6.45) is 2.12. The normalized spacial score (nSPS) is 19.5. The number of anilines is 1. The number of benzene rings is 2. The topological polar surface area (TPSA) is 45.1 Å². The Morgan fingerprint density at radius 3 is 2.72 bits per heavy atom. The summed E-state index contributed by atoms with van der Waals surface area (Å²) in [4.78, 5) is 14.8. The van der Waals surface area contributed by atoms with Crippen molar-refractivity contribution in [3.8, 4) is 5.75 Å². The number of hydrogen-bond acceptors (Lipinski definition) is 4. The zero-order valence-corrected chi connectivity index (χ0v) is 17.1. The number of fused-ring (bicyclic) bond motifs is 3. The fourth-order valence-corrected chi connectivity index (χ4v) is 3.74. The van der Waals surface area contributed by atoms with Gasteiger partial charge in [0.2, 0.25) is 5.91 Å². The minimum atomic E-state index is -0.274. The van der Waals surface area contributed by atoms with E-state index in [0.717, 1.165) is 35.4 Å². The van der Waals surface area contributed by atoms with E-state index in [9.17, 15) is 9.18 Å². The molecule has 0 spiro atoms. The predicted molar refractivity (Wildman–Crippen MR) is 112 cm³/mol. The van der Waals surface area contributed by atoms with E-state index in [2.05, 4.69) is 16.9 Å². The molecule has 4 rings (SSSR count). The van der Waals surface area contributed by atoms with Gasteiger partial charge >= 0.3 is 0 Å². The minimum Gasteiger partial charge on any atom is -0.492 e. The molecule has 0 N–H and O–H groups in total. The average molecular weight is 395 g/mol. The van der Waals surface area contributed by atoms with E-state index in [1.165, 1.54) is 17.1 Å². The van der Waals surface area contributed by atoms with E-state index in [4.69, 9.17) is 4.74 Å². The summed E-state index contributed by atoms with van der Waals surface area (Å²) in [7, 11) is 4.03.